The number of ether oxygens (including phenoxy) is 1. The number of nitro groups is 1. The molecule has 0 aliphatic carbocycles. The summed E-state index contributed by atoms with van der Waals surface area (Å²) in [6.45, 7) is 0. The Hall–Kier alpha value is -2.65. The molecule has 20 heavy (non-hydrogen) atoms. The van der Waals surface area contributed by atoms with Crippen molar-refractivity contribution in [2.24, 2.45) is 0 Å². The van der Waals surface area contributed by atoms with E-state index in [0.29, 0.717) is 0 Å². The Bertz CT molecular complexity index is 728. The fourth-order valence-corrected chi connectivity index (χ4v) is 1.67. The van der Waals surface area contributed by atoms with E-state index in [1.807, 2.05) is 0 Å². The number of nitro benzene ring substituents is 1. The van der Waals surface area contributed by atoms with Crippen LogP contribution in [0.15, 0.2) is 36.4 Å². The van der Waals surface area contributed by atoms with E-state index in [4.69, 9.17) is 21.6 Å². The van der Waals surface area contributed by atoms with Gasteiger partial charge in [0.2, 0.25) is 0 Å². The Morgan fingerprint density at radius 3 is 2.50 bits per heavy atom. The van der Waals surface area contributed by atoms with Crippen molar-refractivity contribution >= 4 is 17.3 Å². The molecular formula is C13H6ClFN2O3. The Morgan fingerprint density at radius 1 is 1.25 bits per heavy atom. The van der Waals surface area contributed by atoms with Crippen molar-refractivity contribution in [1.82, 2.24) is 0 Å². The quantitative estimate of drug-likeness (QED) is 0.631. The molecule has 0 fully saturated rings. The average Bonchev–Trinajstić information content (AvgIpc) is 2.42. The SMILES string of the molecule is N#Cc1ccc(Oc2ccc([N+](=O)[O-])cc2Cl)c(F)c1. The molecule has 0 radical (unpaired) electrons. The smallest absolute Gasteiger partial charge is 0.271 e. The summed E-state index contributed by atoms with van der Waals surface area (Å²) in [6, 6.07) is 9.07. The summed E-state index contributed by atoms with van der Waals surface area (Å²) in [5.74, 6) is -0.765. The molecule has 0 N–H and O–H groups in total. The molecule has 0 heterocycles. The molecule has 0 bridgehead atoms. The van der Waals surface area contributed by atoms with Gasteiger partial charge in [0.25, 0.3) is 5.69 Å². The van der Waals surface area contributed by atoms with Gasteiger partial charge in [-0.25, -0.2) is 4.39 Å². The molecule has 0 aliphatic rings. The monoisotopic (exact) mass is 292 g/mol. The van der Waals surface area contributed by atoms with Gasteiger partial charge in [0.1, 0.15) is 5.75 Å². The van der Waals surface area contributed by atoms with Gasteiger partial charge in [-0.2, -0.15) is 5.26 Å². The first kappa shape index (κ1) is 13.8. The number of nitriles is 1. The molecule has 2 rings (SSSR count). The summed E-state index contributed by atoms with van der Waals surface area (Å²) in [5, 5.41) is 19.2. The highest BCUT2D eigenvalue weighted by atomic mass is 35.5. The lowest BCUT2D eigenvalue weighted by molar-refractivity contribution is -0.384. The molecule has 0 atom stereocenters. The predicted octanol–water partition coefficient (Wildman–Crippen LogP) is 4.05. The minimum atomic E-state index is -0.724. The number of nitrogens with zero attached hydrogens (tertiary/aromatic N) is 2. The summed E-state index contributed by atoms with van der Waals surface area (Å²) in [4.78, 5) is 9.96. The van der Waals surface area contributed by atoms with E-state index in [1.165, 1.54) is 24.3 Å². The lowest BCUT2D eigenvalue weighted by Gasteiger charge is -2.08. The van der Waals surface area contributed by atoms with Crippen LogP contribution in [0.5, 0.6) is 11.5 Å². The van der Waals surface area contributed by atoms with Crippen LogP contribution in [-0.4, -0.2) is 4.92 Å². The number of hydrogen-bond acceptors (Lipinski definition) is 4. The molecule has 5 nitrogen and oxygen atoms in total. The molecule has 100 valence electrons. The van der Waals surface area contributed by atoms with Gasteiger partial charge in [-0.05, 0) is 24.3 Å². The number of hydrogen-bond donors (Lipinski definition) is 0. The van der Waals surface area contributed by atoms with Crippen LogP contribution < -0.4 is 4.74 Å². The minimum Gasteiger partial charge on any atom is -0.453 e. The molecule has 2 aromatic rings. The van der Waals surface area contributed by atoms with Gasteiger partial charge in [-0.15, -0.1) is 0 Å². The van der Waals surface area contributed by atoms with E-state index < -0.39 is 10.7 Å². The highest BCUT2D eigenvalue weighted by Gasteiger charge is 2.13. The van der Waals surface area contributed by atoms with Crippen LogP contribution >= 0.6 is 11.6 Å². The van der Waals surface area contributed by atoms with Gasteiger partial charge in [-0.3, -0.25) is 10.1 Å². The van der Waals surface area contributed by atoms with Crippen molar-refractivity contribution in [1.29, 1.82) is 5.26 Å². The van der Waals surface area contributed by atoms with E-state index in [9.17, 15) is 14.5 Å². The van der Waals surface area contributed by atoms with Crippen molar-refractivity contribution in [2.75, 3.05) is 0 Å². The molecule has 0 saturated carbocycles. The first-order valence-electron chi connectivity index (χ1n) is 5.32. The predicted molar refractivity (Wildman–Crippen MR) is 69.3 cm³/mol. The number of rotatable bonds is 3. The topological polar surface area (TPSA) is 76.2 Å². The minimum absolute atomic E-state index is 0.0111. The van der Waals surface area contributed by atoms with Gasteiger partial charge < -0.3 is 4.74 Å². The van der Waals surface area contributed by atoms with Crippen molar-refractivity contribution in [3.63, 3.8) is 0 Å². The fourth-order valence-electron chi connectivity index (χ4n) is 1.46. The van der Waals surface area contributed by atoms with Crippen LogP contribution in [0.3, 0.4) is 0 Å². The van der Waals surface area contributed by atoms with E-state index >= 15 is 0 Å². The summed E-state index contributed by atoms with van der Waals surface area (Å²) in [7, 11) is 0. The Kier molecular flexibility index (Phi) is 3.82. The molecule has 0 amide bonds. The van der Waals surface area contributed by atoms with E-state index in [2.05, 4.69) is 0 Å². The maximum atomic E-state index is 13.6. The standard InChI is InChI=1S/C13H6ClFN2O3/c14-10-6-9(17(18)19)2-4-12(10)20-13-3-1-8(7-16)5-11(13)15/h1-6H. The molecule has 0 aliphatic heterocycles. The van der Waals surface area contributed by atoms with Crippen molar-refractivity contribution < 1.29 is 14.1 Å². The second-order valence-corrected chi connectivity index (χ2v) is 4.14. The fraction of sp³-hybridized carbons (Fsp3) is 0. The average molecular weight is 293 g/mol. The van der Waals surface area contributed by atoms with Gasteiger partial charge in [-0.1, -0.05) is 11.6 Å². The maximum Gasteiger partial charge on any atom is 0.271 e. The second kappa shape index (κ2) is 5.55. The van der Waals surface area contributed by atoms with Gasteiger partial charge >= 0.3 is 0 Å². The third kappa shape index (κ3) is 2.84. The third-order valence-electron chi connectivity index (χ3n) is 2.41. The molecular weight excluding hydrogens is 287 g/mol. The lowest BCUT2D eigenvalue weighted by atomic mass is 10.2. The molecule has 0 unspecified atom stereocenters. The van der Waals surface area contributed by atoms with Crippen LogP contribution in [0.25, 0.3) is 0 Å². The van der Waals surface area contributed by atoms with Crippen LogP contribution in [0, 0.1) is 27.3 Å². The van der Waals surface area contributed by atoms with Crippen LogP contribution in [-0.2, 0) is 0 Å². The zero-order valence-corrected chi connectivity index (χ0v) is 10.6. The lowest BCUT2D eigenvalue weighted by Crippen LogP contribution is -1.92. The Balaban J connectivity index is 2.31. The first-order chi connectivity index (χ1) is 9.51. The van der Waals surface area contributed by atoms with E-state index in [-0.39, 0.29) is 27.8 Å². The Labute approximate surface area is 117 Å². The molecule has 7 heteroatoms. The summed E-state index contributed by atoms with van der Waals surface area (Å²) in [5.41, 5.74) is -0.0349. The maximum absolute atomic E-state index is 13.6. The van der Waals surface area contributed by atoms with E-state index in [0.717, 1.165) is 12.1 Å². The molecule has 2 aromatic carbocycles. The van der Waals surface area contributed by atoms with Crippen molar-refractivity contribution in [3.05, 3.63) is 62.9 Å². The summed E-state index contributed by atoms with van der Waals surface area (Å²) < 4.78 is 18.9. The normalized spacial score (nSPS) is 9.85. The highest BCUT2D eigenvalue weighted by molar-refractivity contribution is 6.32. The number of halogens is 2. The Morgan fingerprint density at radius 2 is 1.95 bits per heavy atom. The van der Waals surface area contributed by atoms with E-state index in [1.54, 1.807) is 6.07 Å². The number of benzene rings is 2. The largest absolute Gasteiger partial charge is 0.453 e. The van der Waals surface area contributed by atoms with Crippen molar-refractivity contribution in [2.45, 2.75) is 0 Å². The molecule has 0 saturated heterocycles. The summed E-state index contributed by atoms with van der Waals surface area (Å²) >= 11 is 5.83. The second-order valence-electron chi connectivity index (χ2n) is 3.73. The number of non-ortho nitro benzene ring substituents is 1. The van der Waals surface area contributed by atoms with Crippen molar-refractivity contribution in [3.8, 4) is 17.6 Å². The van der Waals surface area contributed by atoms with Crippen LogP contribution in [0.4, 0.5) is 10.1 Å². The molecule has 0 aromatic heterocycles. The first-order valence-corrected chi connectivity index (χ1v) is 5.70. The van der Waals surface area contributed by atoms with Gasteiger partial charge in [0, 0.05) is 12.1 Å². The highest BCUT2D eigenvalue weighted by Crippen LogP contribution is 2.33. The zero-order chi connectivity index (χ0) is 14.7. The van der Waals surface area contributed by atoms with Crippen LogP contribution in [0.1, 0.15) is 5.56 Å². The summed E-state index contributed by atoms with van der Waals surface area (Å²) in [6.07, 6.45) is 0. The zero-order valence-electron chi connectivity index (χ0n) is 9.84. The third-order valence-corrected chi connectivity index (χ3v) is 2.70. The van der Waals surface area contributed by atoms with Gasteiger partial charge in [0.15, 0.2) is 11.6 Å². The molecule has 0 spiro atoms. The van der Waals surface area contributed by atoms with Crippen LogP contribution in [0.2, 0.25) is 5.02 Å². The van der Waals surface area contributed by atoms with Gasteiger partial charge in [0.05, 0.1) is 21.6 Å².